The first kappa shape index (κ1) is 16.5. The summed E-state index contributed by atoms with van der Waals surface area (Å²) in [5.74, 6) is 0.324. The highest BCUT2D eigenvalue weighted by molar-refractivity contribution is 5.54. The van der Waals surface area contributed by atoms with Crippen LogP contribution in [0.5, 0.6) is 0 Å². The maximum atomic E-state index is 9.24. The summed E-state index contributed by atoms with van der Waals surface area (Å²) in [5, 5.41) is 12.9. The van der Waals surface area contributed by atoms with Gasteiger partial charge >= 0.3 is 0 Å². The van der Waals surface area contributed by atoms with Crippen molar-refractivity contribution in [2.24, 2.45) is 5.92 Å². The van der Waals surface area contributed by atoms with Crippen LogP contribution in [0.25, 0.3) is 0 Å². The summed E-state index contributed by atoms with van der Waals surface area (Å²) in [7, 11) is 0. The summed E-state index contributed by atoms with van der Waals surface area (Å²) < 4.78 is 0. The molecule has 4 nitrogen and oxygen atoms in total. The summed E-state index contributed by atoms with van der Waals surface area (Å²) in [6, 6.07) is 9.14. The maximum absolute atomic E-state index is 9.24. The fraction of sp³-hybridized carbons (Fsp3) is 0.579. The quantitative estimate of drug-likeness (QED) is 0.786. The number of hydrogen-bond acceptors (Lipinski definition) is 4. The Morgan fingerprint density at radius 2 is 1.91 bits per heavy atom. The Kier molecular flexibility index (Phi) is 5.70. The van der Waals surface area contributed by atoms with E-state index < -0.39 is 0 Å². The number of rotatable bonds is 6. The van der Waals surface area contributed by atoms with Crippen LogP contribution in [0.15, 0.2) is 36.4 Å². The van der Waals surface area contributed by atoms with Crippen molar-refractivity contribution >= 4 is 5.69 Å². The minimum Gasteiger partial charge on any atom is -0.396 e. The van der Waals surface area contributed by atoms with Crippen LogP contribution < -0.4 is 10.2 Å². The Labute approximate surface area is 139 Å². The van der Waals surface area contributed by atoms with E-state index in [0.717, 1.165) is 45.7 Å². The van der Waals surface area contributed by atoms with Gasteiger partial charge in [-0.15, -0.1) is 0 Å². The molecule has 1 fully saturated rings. The first-order valence-electron chi connectivity index (χ1n) is 8.88. The summed E-state index contributed by atoms with van der Waals surface area (Å²) in [6.07, 6.45) is 5.34. The summed E-state index contributed by atoms with van der Waals surface area (Å²) in [4.78, 5) is 5.03. The van der Waals surface area contributed by atoms with Crippen LogP contribution in [0.3, 0.4) is 0 Å². The Bertz CT molecular complexity index is 523. The van der Waals surface area contributed by atoms with Crippen LogP contribution >= 0.6 is 0 Å². The van der Waals surface area contributed by atoms with Crippen molar-refractivity contribution in [3.8, 4) is 0 Å². The minimum atomic E-state index is 0.257. The molecule has 0 bridgehead atoms. The molecule has 2 N–H and O–H groups in total. The predicted octanol–water partition coefficient (Wildman–Crippen LogP) is 1.86. The number of benzene rings is 1. The zero-order chi connectivity index (χ0) is 16.1. The van der Waals surface area contributed by atoms with Crippen LogP contribution in [-0.4, -0.2) is 55.4 Å². The fourth-order valence-corrected chi connectivity index (χ4v) is 3.58. The molecule has 0 amide bonds. The number of nitrogens with one attached hydrogen (secondary N) is 1. The molecule has 0 aromatic heterocycles. The van der Waals surface area contributed by atoms with Gasteiger partial charge in [0.2, 0.25) is 0 Å². The second-order valence-electron chi connectivity index (χ2n) is 6.60. The number of nitrogens with zero attached hydrogens (tertiary/aromatic N) is 2. The molecule has 1 aromatic carbocycles. The largest absolute Gasteiger partial charge is 0.396 e. The third-order valence-electron chi connectivity index (χ3n) is 5.11. The Morgan fingerprint density at radius 3 is 2.61 bits per heavy atom. The molecule has 1 aromatic rings. The van der Waals surface area contributed by atoms with Gasteiger partial charge in [0, 0.05) is 57.0 Å². The molecule has 23 heavy (non-hydrogen) atoms. The van der Waals surface area contributed by atoms with Crippen molar-refractivity contribution < 1.29 is 5.11 Å². The monoisotopic (exact) mass is 315 g/mol. The molecular weight excluding hydrogens is 286 g/mol. The van der Waals surface area contributed by atoms with Crippen LogP contribution in [0, 0.1) is 5.92 Å². The molecular formula is C19H29N3O. The highest BCUT2D eigenvalue weighted by Gasteiger charge is 2.20. The first-order valence-corrected chi connectivity index (χ1v) is 8.88. The number of piperazine rings is 1. The van der Waals surface area contributed by atoms with E-state index in [1.807, 2.05) is 0 Å². The molecule has 0 unspecified atom stereocenters. The van der Waals surface area contributed by atoms with Crippen molar-refractivity contribution in [1.29, 1.82) is 0 Å². The lowest BCUT2D eigenvalue weighted by Gasteiger charge is -2.36. The van der Waals surface area contributed by atoms with E-state index >= 15 is 0 Å². The Hall–Kier alpha value is -1.36. The third-order valence-corrected chi connectivity index (χ3v) is 5.11. The third kappa shape index (κ3) is 4.14. The average molecular weight is 315 g/mol. The SMILES string of the molecule is CCN1CCN(c2ccccc2CN[C@@H]2C=C[C@H](CO)C2)CC1. The van der Waals surface area contributed by atoms with Crippen molar-refractivity contribution in [2.75, 3.05) is 44.2 Å². The molecule has 1 saturated heterocycles. The Morgan fingerprint density at radius 1 is 1.13 bits per heavy atom. The van der Waals surface area contributed by atoms with Gasteiger partial charge in [-0.2, -0.15) is 0 Å². The zero-order valence-electron chi connectivity index (χ0n) is 14.1. The highest BCUT2D eigenvalue weighted by Crippen LogP contribution is 2.23. The molecule has 0 radical (unpaired) electrons. The molecule has 1 aliphatic carbocycles. The molecule has 0 spiro atoms. The highest BCUT2D eigenvalue weighted by atomic mass is 16.3. The van der Waals surface area contributed by atoms with Crippen molar-refractivity contribution in [2.45, 2.75) is 25.9 Å². The summed E-state index contributed by atoms with van der Waals surface area (Å²) in [5.41, 5.74) is 2.75. The molecule has 3 rings (SSSR count). The van der Waals surface area contributed by atoms with Gasteiger partial charge in [0.1, 0.15) is 0 Å². The van der Waals surface area contributed by atoms with Crippen LogP contribution in [0.2, 0.25) is 0 Å². The van der Waals surface area contributed by atoms with Crippen LogP contribution in [0.1, 0.15) is 18.9 Å². The van der Waals surface area contributed by atoms with E-state index in [9.17, 15) is 5.11 Å². The number of hydrogen-bond donors (Lipinski definition) is 2. The first-order chi connectivity index (χ1) is 11.3. The van der Waals surface area contributed by atoms with E-state index in [0.29, 0.717) is 12.0 Å². The zero-order valence-corrected chi connectivity index (χ0v) is 14.1. The van der Waals surface area contributed by atoms with Crippen LogP contribution in [0.4, 0.5) is 5.69 Å². The van der Waals surface area contributed by atoms with Crippen molar-refractivity contribution in [3.63, 3.8) is 0 Å². The Balaban J connectivity index is 1.59. The van der Waals surface area contributed by atoms with Gasteiger partial charge in [-0.3, -0.25) is 0 Å². The number of anilines is 1. The van der Waals surface area contributed by atoms with E-state index in [2.05, 4.69) is 58.5 Å². The van der Waals surface area contributed by atoms with Gasteiger partial charge in [-0.05, 0) is 24.6 Å². The molecule has 1 heterocycles. The number of aliphatic hydroxyl groups excluding tert-OH is 1. The van der Waals surface area contributed by atoms with Crippen molar-refractivity contribution in [3.05, 3.63) is 42.0 Å². The van der Waals surface area contributed by atoms with E-state index in [4.69, 9.17) is 0 Å². The molecule has 126 valence electrons. The number of likely N-dealkylation sites (N-methyl/N-ethyl adjacent to an activating group) is 1. The topological polar surface area (TPSA) is 38.7 Å². The fourth-order valence-electron chi connectivity index (χ4n) is 3.58. The van der Waals surface area contributed by atoms with Gasteiger partial charge in [0.15, 0.2) is 0 Å². The minimum absolute atomic E-state index is 0.257. The lowest BCUT2D eigenvalue weighted by molar-refractivity contribution is 0.246. The molecule has 0 saturated carbocycles. The predicted molar refractivity (Wildman–Crippen MR) is 95.7 cm³/mol. The maximum Gasteiger partial charge on any atom is 0.0494 e. The van der Waals surface area contributed by atoms with Gasteiger partial charge in [-0.1, -0.05) is 37.3 Å². The van der Waals surface area contributed by atoms with Gasteiger partial charge in [-0.25, -0.2) is 0 Å². The summed E-state index contributed by atoms with van der Waals surface area (Å²) >= 11 is 0. The smallest absolute Gasteiger partial charge is 0.0494 e. The normalized spacial score (nSPS) is 25.2. The van der Waals surface area contributed by atoms with Gasteiger partial charge in [0.05, 0.1) is 0 Å². The van der Waals surface area contributed by atoms with E-state index in [1.54, 1.807) is 0 Å². The van der Waals surface area contributed by atoms with Crippen molar-refractivity contribution in [1.82, 2.24) is 10.2 Å². The van der Waals surface area contributed by atoms with Gasteiger partial charge in [0.25, 0.3) is 0 Å². The second-order valence-corrected chi connectivity index (χ2v) is 6.60. The standard InChI is InChI=1S/C19H29N3O/c1-2-21-9-11-22(12-10-21)19-6-4-3-5-17(19)14-20-18-8-7-16(13-18)15-23/h3-8,16,18,20,23H,2,9-15H2,1H3/t16-,18+/m0/s1. The van der Waals surface area contributed by atoms with E-state index in [-0.39, 0.29) is 6.61 Å². The lowest BCUT2D eigenvalue weighted by Crippen LogP contribution is -2.46. The molecule has 4 heteroatoms. The van der Waals surface area contributed by atoms with E-state index in [1.165, 1.54) is 11.3 Å². The number of aliphatic hydroxyl groups is 1. The van der Waals surface area contributed by atoms with Gasteiger partial charge < -0.3 is 20.2 Å². The second kappa shape index (κ2) is 7.95. The average Bonchev–Trinajstić information content (AvgIpc) is 3.08. The van der Waals surface area contributed by atoms with Crippen LogP contribution in [-0.2, 0) is 6.54 Å². The number of para-hydroxylation sites is 1. The lowest BCUT2D eigenvalue weighted by atomic mass is 10.1. The molecule has 2 atom stereocenters. The molecule has 2 aliphatic rings. The summed E-state index contributed by atoms with van der Waals surface area (Å²) in [6.45, 7) is 9.06. The molecule has 1 aliphatic heterocycles.